The fourth-order valence-corrected chi connectivity index (χ4v) is 3.47. The average molecular weight is 328 g/mol. The van der Waals surface area contributed by atoms with Gasteiger partial charge in [0.25, 0.3) is 0 Å². The molecule has 5 heteroatoms. The van der Waals surface area contributed by atoms with Crippen molar-refractivity contribution in [2.75, 3.05) is 20.2 Å². The summed E-state index contributed by atoms with van der Waals surface area (Å²) in [5.41, 5.74) is 6.94. The number of carbonyl (C=O) groups excluding carboxylic acids is 1. The summed E-state index contributed by atoms with van der Waals surface area (Å²) < 4.78 is 19.3. The third-order valence-electron chi connectivity index (χ3n) is 4.66. The van der Waals surface area contributed by atoms with E-state index in [9.17, 15) is 9.18 Å². The molecule has 1 aliphatic heterocycles. The molecule has 24 heavy (non-hydrogen) atoms. The highest BCUT2D eigenvalue weighted by atomic mass is 19.1. The molecule has 126 valence electrons. The Morgan fingerprint density at radius 1 is 1.25 bits per heavy atom. The van der Waals surface area contributed by atoms with Gasteiger partial charge in [-0.15, -0.1) is 0 Å². The predicted molar refractivity (Wildman–Crippen MR) is 89.5 cm³/mol. The number of methoxy groups -OCH3 is 1. The van der Waals surface area contributed by atoms with E-state index in [1.807, 2.05) is 30.3 Å². The molecule has 0 spiro atoms. The van der Waals surface area contributed by atoms with E-state index >= 15 is 0 Å². The number of nitrogens with zero attached hydrogens (tertiary/aromatic N) is 1. The number of nitrogens with two attached hydrogens (primary N) is 1. The summed E-state index contributed by atoms with van der Waals surface area (Å²) in [5.74, 6) is -1.41. The van der Waals surface area contributed by atoms with Gasteiger partial charge < -0.3 is 10.5 Å². The number of hydrogen-bond acceptors (Lipinski definition) is 4. The molecule has 2 atom stereocenters. The Bertz CT molecular complexity index is 722. The number of esters is 1. The molecule has 1 heterocycles. The number of benzene rings is 2. The van der Waals surface area contributed by atoms with E-state index in [2.05, 4.69) is 4.90 Å². The van der Waals surface area contributed by atoms with Crippen LogP contribution in [0.4, 0.5) is 4.39 Å². The quantitative estimate of drug-likeness (QED) is 0.875. The molecule has 2 aromatic rings. The largest absolute Gasteiger partial charge is 0.469 e. The first-order valence-corrected chi connectivity index (χ1v) is 7.92. The lowest BCUT2D eigenvalue weighted by atomic mass is 9.81. The van der Waals surface area contributed by atoms with Crippen LogP contribution in [0, 0.1) is 11.7 Å². The maximum atomic E-state index is 14.3. The first-order chi connectivity index (χ1) is 11.5. The van der Waals surface area contributed by atoms with E-state index < -0.39 is 23.2 Å². The van der Waals surface area contributed by atoms with Crippen molar-refractivity contribution in [3.63, 3.8) is 0 Å². The van der Waals surface area contributed by atoms with E-state index in [1.54, 1.807) is 18.2 Å². The van der Waals surface area contributed by atoms with Crippen LogP contribution in [0.15, 0.2) is 54.6 Å². The van der Waals surface area contributed by atoms with Gasteiger partial charge in [-0.3, -0.25) is 9.69 Å². The van der Waals surface area contributed by atoms with Gasteiger partial charge in [0.15, 0.2) is 0 Å². The Balaban J connectivity index is 1.91. The van der Waals surface area contributed by atoms with Crippen molar-refractivity contribution in [2.45, 2.75) is 12.1 Å². The topological polar surface area (TPSA) is 55.6 Å². The molecule has 0 aromatic heterocycles. The predicted octanol–water partition coefficient (Wildman–Crippen LogP) is 2.28. The number of likely N-dealkylation sites (tertiary alicyclic amines) is 1. The second-order valence-electron chi connectivity index (χ2n) is 6.25. The van der Waals surface area contributed by atoms with E-state index in [1.165, 1.54) is 13.2 Å². The Morgan fingerprint density at radius 3 is 2.58 bits per heavy atom. The van der Waals surface area contributed by atoms with Crippen molar-refractivity contribution in [3.05, 3.63) is 71.5 Å². The number of halogens is 1. The van der Waals surface area contributed by atoms with Crippen LogP contribution in [0.25, 0.3) is 0 Å². The number of hydrogen-bond donors (Lipinski definition) is 1. The lowest BCUT2D eigenvalue weighted by Gasteiger charge is -2.30. The minimum Gasteiger partial charge on any atom is -0.469 e. The summed E-state index contributed by atoms with van der Waals surface area (Å²) in [6.07, 6.45) is 0. The van der Waals surface area contributed by atoms with Gasteiger partial charge in [-0.25, -0.2) is 4.39 Å². The SMILES string of the molecule is COC(=O)C1CN(Cc2ccccc2)CC1(N)c1ccccc1F. The van der Waals surface area contributed by atoms with Crippen LogP contribution < -0.4 is 5.73 Å². The third kappa shape index (κ3) is 3.05. The van der Waals surface area contributed by atoms with Gasteiger partial charge in [0.1, 0.15) is 5.82 Å². The van der Waals surface area contributed by atoms with Gasteiger partial charge >= 0.3 is 5.97 Å². The molecule has 2 N–H and O–H groups in total. The van der Waals surface area contributed by atoms with Gasteiger partial charge in [-0.2, -0.15) is 0 Å². The van der Waals surface area contributed by atoms with Crippen molar-refractivity contribution in [1.29, 1.82) is 0 Å². The van der Waals surface area contributed by atoms with Crippen LogP contribution >= 0.6 is 0 Å². The number of rotatable bonds is 4. The summed E-state index contributed by atoms with van der Waals surface area (Å²) in [7, 11) is 1.34. The lowest BCUT2D eigenvalue weighted by Crippen LogP contribution is -2.48. The molecule has 0 radical (unpaired) electrons. The highest BCUT2D eigenvalue weighted by Crippen LogP contribution is 2.37. The summed E-state index contributed by atoms with van der Waals surface area (Å²) in [6.45, 7) is 1.48. The fraction of sp³-hybridized carbons (Fsp3) is 0.316. The Kier molecular flexibility index (Phi) is 4.64. The molecular weight excluding hydrogens is 307 g/mol. The van der Waals surface area contributed by atoms with E-state index in [0.717, 1.165) is 5.56 Å². The minimum atomic E-state index is -1.10. The molecule has 1 saturated heterocycles. The van der Waals surface area contributed by atoms with Crippen LogP contribution in [0.2, 0.25) is 0 Å². The van der Waals surface area contributed by atoms with Crippen LogP contribution in [-0.2, 0) is 21.6 Å². The van der Waals surface area contributed by atoms with Crippen molar-refractivity contribution < 1.29 is 13.9 Å². The van der Waals surface area contributed by atoms with E-state index in [4.69, 9.17) is 10.5 Å². The molecule has 0 bridgehead atoms. The molecule has 1 fully saturated rings. The summed E-state index contributed by atoms with van der Waals surface area (Å²) >= 11 is 0. The molecule has 0 aliphatic carbocycles. The van der Waals surface area contributed by atoms with Crippen LogP contribution in [0.1, 0.15) is 11.1 Å². The molecule has 0 amide bonds. The Labute approximate surface area is 141 Å². The summed E-state index contributed by atoms with van der Waals surface area (Å²) in [6, 6.07) is 16.3. The molecule has 2 aromatic carbocycles. The molecule has 0 saturated carbocycles. The molecular formula is C19H21FN2O2. The van der Waals surface area contributed by atoms with Gasteiger partial charge in [0.05, 0.1) is 18.6 Å². The summed E-state index contributed by atoms with van der Waals surface area (Å²) in [5, 5.41) is 0. The van der Waals surface area contributed by atoms with Crippen molar-refractivity contribution in [2.24, 2.45) is 11.7 Å². The minimum absolute atomic E-state index is 0.357. The molecule has 3 rings (SSSR count). The Morgan fingerprint density at radius 2 is 1.92 bits per heavy atom. The third-order valence-corrected chi connectivity index (χ3v) is 4.66. The fourth-order valence-electron chi connectivity index (χ4n) is 3.47. The normalized spacial score (nSPS) is 24.0. The van der Waals surface area contributed by atoms with Crippen molar-refractivity contribution in [3.8, 4) is 0 Å². The highest BCUT2D eigenvalue weighted by molar-refractivity contribution is 5.75. The zero-order chi connectivity index (χ0) is 17.2. The van der Waals surface area contributed by atoms with Crippen LogP contribution in [0.5, 0.6) is 0 Å². The first-order valence-electron chi connectivity index (χ1n) is 7.92. The van der Waals surface area contributed by atoms with Gasteiger partial charge in [0.2, 0.25) is 0 Å². The summed E-state index contributed by atoms with van der Waals surface area (Å²) in [4.78, 5) is 14.3. The van der Waals surface area contributed by atoms with Crippen LogP contribution in [0.3, 0.4) is 0 Å². The van der Waals surface area contributed by atoms with E-state index in [0.29, 0.717) is 25.2 Å². The second-order valence-corrected chi connectivity index (χ2v) is 6.25. The Hall–Kier alpha value is -2.24. The molecule has 1 aliphatic rings. The maximum absolute atomic E-state index is 14.3. The number of carbonyl (C=O) groups is 1. The zero-order valence-corrected chi connectivity index (χ0v) is 13.6. The van der Waals surface area contributed by atoms with Crippen LogP contribution in [-0.4, -0.2) is 31.1 Å². The van der Waals surface area contributed by atoms with Gasteiger partial charge in [0, 0.05) is 25.2 Å². The molecule has 2 unspecified atom stereocenters. The second kappa shape index (κ2) is 6.71. The first kappa shape index (κ1) is 16.6. The highest BCUT2D eigenvalue weighted by Gasteiger charge is 2.50. The molecule has 4 nitrogen and oxygen atoms in total. The van der Waals surface area contributed by atoms with E-state index in [-0.39, 0.29) is 0 Å². The van der Waals surface area contributed by atoms with Gasteiger partial charge in [-0.1, -0.05) is 48.5 Å². The number of ether oxygens (including phenoxy) is 1. The average Bonchev–Trinajstić information content (AvgIpc) is 2.92. The smallest absolute Gasteiger partial charge is 0.312 e. The van der Waals surface area contributed by atoms with Crippen molar-refractivity contribution >= 4 is 5.97 Å². The lowest BCUT2D eigenvalue weighted by molar-refractivity contribution is -0.146. The zero-order valence-electron chi connectivity index (χ0n) is 13.6. The standard InChI is InChI=1S/C19H21FN2O2/c1-24-18(23)16-12-22(11-14-7-3-2-4-8-14)13-19(16,21)15-9-5-6-10-17(15)20/h2-10,16H,11-13,21H2,1H3. The van der Waals surface area contributed by atoms with Gasteiger partial charge in [-0.05, 0) is 11.6 Å². The van der Waals surface area contributed by atoms with Crippen molar-refractivity contribution in [1.82, 2.24) is 4.90 Å². The monoisotopic (exact) mass is 328 g/mol. The maximum Gasteiger partial charge on any atom is 0.312 e.